The highest BCUT2D eigenvalue weighted by Crippen LogP contribution is 2.35. The van der Waals surface area contributed by atoms with Crippen LogP contribution >= 0.6 is 0 Å². The number of carbonyl (C=O) groups is 1. The van der Waals surface area contributed by atoms with E-state index in [9.17, 15) is 9.18 Å². The molecule has 162 valence electrons. The van der Waals surface area contributed by atoms with E-state index in [1.165, 1.54) is 12.1 Å². The molecule has 1 fully saturated rings. The van der Waals surface area contributed by atoms with Crippen LogP contribution in [-0.4, -0.2) is 57.3 Å². The van der Waals surface area contributed by atoms with Crippen molar-refractivity contribution in [1.82, 2.24) is 24.4 Å². The van der Waals surface area contributed by atoms with Crippen molar-refractivity contribution in [3.05, 3.63) is 48.7 Å². The SMILES string of the molecule is CCOC(=O)N1CCC(n2cnc(-c3ccc(F)cc3)c2-c2ccnc(NC)n2)CC1. The Kier molecular flexibility index (Phi) is 6.11. The quantitative estimate of drug-likeness (QED) is 0.667. The monoisotopic (exact) mass is 424 g/mol. The molecular formula is C22H25FN6O2. The van der Waals surface area contributed by atoms with Gasteiger partial charge >= 0.3 is 6.09 Å². The molecule has 0 aliphatic carbocycles. The molecule has 2 aromatic heterocycles. The Hall–Kier alpha value is -3.49. The molecular weight excluding hydrogens is 399 g/mol. The molecule has 3 aromatic rings. The normalized spacial score (nSPS) is 14.5. The fourth-order valence-corrected chi connectivity index (χ4v) is 3.86. The number of hydrogen-bond donors (Lipinski definition) is 1. The van der Waals surface area contributed by atoms with E-state index in [1.807, 2.05) is 6.07 Å². The maximum absolute atomic E-state index is 13.5. The van der Waals surface area contributed by atoms with E-state index >= 15 is 0 Å². The number of amides is 1. The number of nitrogens with zero attached hydrogens (tertiary/aromatic N) is 5. The molecule has 3 heterocycles. The number of rotatable bonds is 5. The molecule has 1 N–H and O–H groups in total. The Bertz CT molecular complexity index is 1040. The first-order chi connectivity index (χ1) is 15.1. The van der Waals surface area contributed by atoms with Gasteiger partial charge in [-0.3, -0.25) is 0 Å². The van der Waals surface area contributed by atoms with Crippen LogP contribution in [0.25, 0.3) is 22.6 Å². The van der Waals surface area contributed by atoms with Crippen molar-refractivity contribution in [3.63, 3.8) is 0 Å². The standard InChI is InChI=1S/C22H25FN6O2/c1-3-31-22(30)28-12-9-17(10-13-28)29-14-26-19(15-4-6-16(23)7-5-15)20(29)18-8-11-25-21(24-2)27-18/h4-8,11,14,17H,3,9-10,12-13H2,1-2H3,(H,24,25,27). The Morgan fingerprint density at radius 1 is 1.19 bits per heavy atom. The van der Waals surface area contributed by atoms with Crippen molar-refractivity contribution in [2.24, 2.45) is 0 Å². The van der Waals surface area contributed by atoms with Crippen molar-refractivity contribution in [2.45, 2.75) is 25.8 Å². The van der Waals surface area contributed by atoms with Crippen LogP contribution in [0.4, 0.5) is 15.1 Å². The maximum Gasteiger partial charge on any atom is 0.409 e. The molecule has 1 saturated heterocycles. The van der Waals surface area contributed by atoms with Gasteiger partial charge in [0.15, 0.2) is 0 Å². The summed E-state index contributed by atoms with van der Waals surface area (Å²) in [5.41, 5.74) is 3.11. The van der Waals surface area contributed by atoms with Gasteiger partial charge in [0, 0.05) is 37.9 Å². The second kappa shape index (κ2) is 9.11. The molecule has 0 atom stereocenters. The van der Waals surface area contributed by atoms with Crippen LogP contribution < -0.4 is 5.32 Å². The number of benzene rings is 1. The number of nitrogens with one attached hydrogen (secondary N) is 1. The van der Waals surface area contributed by atoms with Gasteiger partial charge in [0.1, 0.15) is 5.82 Å². The van der Waals surface area contributed by atoms with Crippen LogP contribution in [0.1, 0.15) is 25.8 Å². The van der Waals surface area contributed by atoms with Crippen LogP contribution in [0.3, 0.4) is 0 Å². The van der Waals surface area contributed by atoms with Crippen molar-refractivity contribution in [3.8, 4) is 22.6 Å². The summed E-state index contributed by atoms with van der Waals surface area (Å²) in [6.07, 6.45) is 4.78. The Morgan fingerprint density at radius 3 is 2.61 bits per heavy atom. The topological polar surface area (TPSA) is 85.2 Å². The maximum atomic E-state index is 13.5. The molecule has 8 nitrogen and oxygen atoms in total. The first-order valence-electron chi connectivity index (χ1n) is 10.4. The summed E-state index contributed by atoms with van der Waals surface area (Å²) >= 11 is 0. The zero-order valence-corrected chi connectivity index (χ0v) is 17.6. The Labute approximate surface area is 180 Å². The van der Waals surface area contributed by atoms with Crippen molar-refractivity contribution < 1.29 is 13.9 Å². The van der Waals surface area contributed by atoms with E-state index in [1.54, 1.807) is 43.5 Å². The number of carbonyl (C=O) groups excluding carboxylic acids is 1. The lowest BCUT2D eigenvalue weighted by Gasteiger charge is -2.32. The first kappa shape index (κ1) is 20.8. The largest absolute Gasteiger partial charge is 0.450 e. The Morgan fingerprint density at radius 2 is 1.94 bits per heavy atom. The molecule has 9 heteroatoms. The zero-order chi connectivity index (χ0) is 21.8. The van der Waals surface area contributed by atoms with E-state index in [0.29, 0.717) is 25.6 Å². The van der Waals surface area contributed by atoms with Gasteiger partial charge in [-0.2, -0.15) is 0 Å². The minimum absolute atomic E-state index is 0.148. The van der Waals surface area contributed by atoms with Crippen LogP contribution in [0.15, 0.2) is 42.9 Å². The fraction of sp³-hybridized carbons (Fsp3) is 0.364. The number of piperidine rings is 1. The number of aromatic nitrogens is 4. The summed E-state index contributed by atoms with van der Waals surface area (Å²) < 4.78 is 20.7. The van der Waals surface area contributed by atoms with Gasteiger partial charge in [0.05, 0.1) is 30.0 Å². The summed E-state index contributed by atoms with van der Waals surface area (Å²) in [7, 11) is 1.77. The van der Waals surface area contributed by atoms with Gasteiger partial charge in [-0.1, -0.05) is 0 Å². The number of imidazole rings is 1. The van der Waals surface area contributed by atoms with Gasteiger partial charge in [-0.15, -0.1) is 0 Å². The summed E-state index contributed by atoms with van der Waals surface area (Å²) in [4.78, 5) is 27.3. The number of likely N-dealkylation sites (tertiary alicyclic amines) is 1. The molecule has 0 saturated carbocycles. The summed E-state index contributed by atoms with van der Waals surface area (Å²) in [6, 6.07) is 8.28. The third-order valence-electron chi connectivity index (χ3n) is 5.42. The highest BCUT2D eigenvalue weighted by atomic mass is 19.1. The molecule has 1 aromatic carbocycles. The average molecular weight is 424 g/mol. The Balaban J connectivity index is 1.70. The van der Waals surface area contributed by atoms with E-state index < -0.39 is 0 Å². The van der Waals surface area contributed by atoms with Crippen molar-refractivity contribution in [2.75, 3.05) is 32.1 Å². The highest BCUT2D eigenvalue weighted by Gasteiger charge is 2.28. The molecule has 0 unspecified atom stereocenters. The predicted molar refractivity (Wildman–Crippen MR) is 115 cm³/mol. The third kappa shape index (κ3) is 4.35. The van der Waals surface area contributed by atoms with E-state index in [-0.39, 0.29) is 18.0 Å². The number of anilines is 1. The van der Waals surface area contributed by atoms with Gasteiger partial charge in [-0.25, -0.2) is 24.1 Å². The lowest BCUT2D eigenvalue weighted by atomic mass is 10.0. The number of hydrogen-bond acceptors (Lipinski definition) is 6. The molecule has 1 aliphatic rings. The van der Waals surface area contributed by atoms with E-state index in [4.69, 9.17) is 4.74 Å². The predicted octanol–water partition coefficient (Wildman–Crippen LogP) is 3.98. The molecule has 1 amide bonds. The lowest BCUT2D eigenvalue weighted by molar-refractivity contribution is 0.0928. The van der Waals surface area contributed by atoms with E-state index in [2.05, 4.69) is 24.8 Å². The molecule has 0 radical (unpaired) electrons. The van der Waals surface area contributed by atoms with E-state index in [0.717, 1.165) is 35.5 Å². The number of halogens is 1. The van der Waals surface area contributed by atoms with Gasteiger partial charge in [0.25, 0.3) is 0 Å². The minimum Gasteiger partial charge on any atom is -0.450 e. The van der Waals surface area contributed by atoms with Gasteiger partial charge < -0.3 is 19.5 Å². The van der Waals surface area contributed by atoms with Crippen molar-refractivity contribution >= 4 is 12.0 Å². The lowest BCUT2D eigenvalue weighted by Crippen LogP contribution is -2.39. The molecule has 0 bridgehead atoms. The summed E-state index contributed by atoms with van der Waals surface area (Å²) in [6.45, 7) is 3.39. The second-order valence-corrected chi connectivity index (χ2v) is 7.29. The minimum atomic E-state index is -0.296. The average Bonchev–Trinajstić information content (AvgIpc) is 3.25. The smallest absolute Gasteiger partial charge is 0.409 e. The number of ether oxygens (including phenoxy) is 1. The zero-order valence-electron chi connectivity index (χ0n) is 17.6. The fourth-order valence-electron chi connectivity index (χ4n) is 3.86. The molecule has 4 rings (SSSR count). The van der Waals surface area contributed by atoms with Crippen molar-refractivity contribution in [1.29, 1.82) is 0 Å². The van der Waals surface area contributed by atoms with Crippen LogP contribution in [0, 0.1) is 5.82 Å². The van der Waals surface area contributed by atoms with Gasteiger partial charge in [0.2, 0.25) is 5.95 Å². The highest BCUT2D eigenvalue weighted by molar-refractivity contribution is 5.77. The summed E-state index contributed by atoms with van der Waals surface area (Å²) in [5, 5.41) is 2.97. The summed E-state index contributed by atoms with van der Waals surface area (Å²) in [5.74, 6) is 0.211. The van der Waals surface area contributed by atoms with Crippen LogP contribution in [0.5, 0.6) is 0 Å². The van der Waals surface area contributed by atoms with Crippen LogP contribution in [0.2, 0.25) is 0 Å². The first-order valence-corrected chi connectivity index (χ1v) is 10.4. The molecule has 0 spiro atoms. The third-order valence-corrected chi connectivity index (χ3v) is 5.42. The second-order valence-electron chi connectivity index (χ2n) is 7.29. The molecule has 31 heavy (non-hydrogen) atoms. The molecule has 1 aliphatic heterocycles. The van der Waals surface area contributed by atoms with Gasteiger partial charge in [-0.05, 0) is 50.1 Å². The van der Waals surface area contributed by atoms with Crippen LogP contribution in [-0.2, 0) is 4.74 Å².